The van der Waals surface area contributed by atoms with Gasteiger partial charge in [-0.1, -0.05) is 0 Å². The third kappa shape index (κ3) is 3.77. The summed E-state index contributed by atoms with van der Waals surface area (Å²) in [4.78, 5) is 4.49. The highest BCUT2D eigenvalue weighted by atomic mass is 79.9. The molecule has 1 fully saturated rings. The molecule has 3 rings (SSSR count). The van der Waals surface area contributed by atoms with Crippen LogP contribution in [-0.2, 0) is 13.2 Å². The SMILES string of the molecule is Fc1cc(OCc2csc(CNC3CC3)n2)ccc1Br. The van der Waals surface area contributed by atoms with Crippen LogP contribution in [-0.4, -0.2) is 11.0 Å². The number of halogens is 2. The Labute approximate surface area is 129 Å². The second kappa shape index (κ2) is 6.20. The van der Waals surface area contributed by atoms with Gasteiger partial charge in [0, 0.05) is 24.0 Å². The van der Waals surface area contributed by atoms with Gasteiger partial charge in [0.15, 0.2) is 0 Å². The molecule has 0 bridgehead atoms. The van der Waals surface area contributed by atoms with Crippen molar-refractivity contribution in [3.8, 4) is 5.75 Å². The summed E-state index contributed by atoms with van der Waals surface area (Å²) in [5.74, 6) is 0.187. The Morgan fingerprint density at radius 1 is 1.45 bits per heavy atom. The lowest BCUT2D eigenvalue weighted by Gasteiger charge is -2.04. The van der Waals surface area contributed by atoms with Crippen LogP contribution in [0.25, 0.3) is 0 Å². The quantitative estimate of drug-likeness (QED) is 0.852. The zero-order chi connectivity index (χ0) is 13.9. The van der Waals surface area contributed by atoms with Gasteiger partial charge in [0.2, 0.25) is 0 Å². The van der Waals surface area contributed by atoms with Crippen LogP contribution < -0.4 is 10.1 Å². The molecule has 0 unspecified atom stereocenters. The fourth-order valence-corrected chi connectivity index (χ4v) is 2.72. The molecule has 3 nitrogen and oxygen atoms in total. The number of thiazole rings is 1. The average Bonchev–Trinajstić information content (AvgIpc) is 3.16. The van der Waals surface area contributed by atoms with E-state index in [-0.39, 0.29) is 5.82 Å². The van der Waals surface area contributed by atoms with Gasteiger partial charge in [-0.15, -0.1) is 11.3 Å². The van der Waals surface area contributed by atoms with Gasteiger partial charge in [0.25, 0.3) is 0 Å². The number of hydrogen-bond acceptors (Lipinski definition) is 4. The van der Waals surface area contributed by atoms with Crippen molar-refractivity contribution in [2.45, 2.75) is 32.0 Å². The molecule has 2 aromatic rings. The van der Waals surface area contributed by atoms with E-state index < -0.39 is 0 Å². The van der Waals surface area contributed by atoms with Crippen molar-refractivity contribution < 1.29 is 9.13 Å². The molecule has 0 atom stereocenters. The maximum Gasteiger partial charge on any atom is 0.141 e. The van der Waals surface area contributed by atoms with E-state index in [0.29, 0.717) is 22.9 Å². The summed E-state index contributed by atoms with van der Waals surface area (Å²) < 4.78 is 19.3. The second-order valence-corrected chi connectivity index (χ2v) is 6.55. The first-order valence-corrected chi connectivity index (χ1v) is 8.12. The van der Waals surface area contributed by atoms with Crippen molar-refractivity contribution in [2.24, 2.45) is 0 Å². The molecule has 6 heteroatoms. The van der Waals surface area contributed by atoms with E-state index in [0.717, 1.165) is 17.2 Å². The minimum atomic E-state index is -0.324. The van der Waals surface area contributed by atoms with Gasteiger partial charge in [-0.2, -0.15) is 0 Å². The van der Waals surface area contributed by atoms with E-state index >= 15 is 0 Å². The lowest BCUT2D eigenvalue weighted by atomic mass is 10.3. The fourth-order valence-electron chi connectivity index (χ4n) is 1.74. The molecular weight excluding hydrogens is 343 g/mol. The molecule has 1 aromatic carbocycles. The maximum absolute atomic E-state index is 13.3. The van der Waals surface area contributed by atoms with Gasteiger partial charge in [-0.25, -0.2) is 9.37 Å². The molecule has 1 saturated carbocycles. The molecule has 20 heavy (non-hydrogen) atoms. The van der Waals surface area contributed by atoms with Crippen molar-refractivity contribution >= 4 is 27.3 Å². The Balaban J connectivity index is 1.53. The van der Waals surface area contributed by atoms with Gasteiger partial charge in [-0.3, -0.25) is 0 Å². The summed E-state index contributed by atoms with van der Waals surface area (Å²) >= 11 is 4.74. The van der Waals surface area contributed by atoms with E-state index in [1.165, 1.54) is 18.9 Å². The van der Waals surface area contributed by atoms with Crippen molar-refractivity contribution in [3.63, 3.8) is 0 Å². The largest absolute Gasteiger partial charge is 0.487 e. The van der Waals surface area contributed by atoms with Crippen LogP contribution in [0.15, 0.2) is 28.1 Å². The zero-order valence-corrected chi connectivity index (χ0v) is 13.1. The lowest BCUT2D eigenvalue weighted by Crippen LogP contribution is -2.15. The summed E-state index contributed by atoms with van der Waals surface area (Å²) in [6.07, 6.45) is 2.55. The molecule has 1 heterocycles. The van der Waals surface area contributed by atoms with Crippen molar-refractivity contribution in [2.75, 3.05) is 0 Å². The van der Waals surface area contributed by atoms with E-state index in [1.807, 2.05) is 5.38 Å². The number of hydrogen-bond donors (Lipinski definition) is 1. The summed E-state index contributed by atoms with van der Waals surface area (Å²) in [5.41, 5.74) is 0.880. The van der Waals surface area contributed by atoms with Crippen molar-refractivity contribution in [3.05, 3.63) is 44.6 Å². The Morgan fingerprint density at radius 3 is 3.05 bits per heavy atom. The van der Waals surface area contributed by atoms with Gasteiger partial charge in [0.05, 0.1) is 10.2 Å². The number of ether oxygens (including phenoxy) is 1. The third-order valence-electron chi connectivity index (χ3n) is 3.00. The smallest absolute Gasteiger partial charge is 0.141 e. The van der Waals surface area contributed by atoms with Gasteiger partial charge < -0.3 is 10.1 Å². The third-order valence-corrected chi connectivity index (χ3v) is 4.54. The van der Waals surface area contributed by atoms with E-state index in [9.17, 15) is 4.39 Å². The lowest BCUT2D eigenvalue weighted by molar-refractivity contribution is 0.300. The first kappa shape index (κ1) is 14.0. The second-order valence-electron chi connectivity index (χ2n) is 4.75. The predicted octanol–water partition coefficient (Wildman–Crippen LogP) is 3.88. The normalized spacial score (nSPS) is 14.5. The van der Waals surface area contributed by atoms with Crippen molar-refractivity contribution in [1.82, 2.24) is 10.3 Å². The Hall–Kier alpha value is -0.980. The van der Waals surface area contributed by atoms with Crippen LogP contribution in [0.2, 0.25) is 0 Å². The van der Waals surface area contributed by atoms with Crippen LogP contribution in [0.4, 0.5) is 4.39 Å². The Kier molecular flexibility index (Phi) is 4.33. The topological polar surface area (TPSA) is 34.1 Å². The van der Waals surface area contributed by atoms with E-state index in [1.54, 1.807) is 23.5 Å². The van der Waals surface area contributed by atoms with Crippen LogP contribution in [0.3, 0.4) is 0 Å². The van der Waals surface area contributed by atoms with Crippen LogP contribution >= 0.6 is 27.3 Å². The molecule has 1 aliphatic carbocycles. The average molecular weight is 357 g/mol. The van der Waals surface area contributed by atoms with E-state index in [2.05, 4.69) is 26.2 Å². The van der Waals surface area contributed by atoms with Gasteiger partial charge >= 0.3 is 0 Å². The monoisotopic (exact) mass is 356 g/mol. The summed E-state index contributed by atoms with van der Waals surface area (Å²) in [7, 11) is 0. The molecule has 0 aliphatic heterocycles. The van der Waals surface area contributed by atoms with Gasteiger partial charge in [0.1, 0.15) is 23.2 Å². The molecule has 1 aliphatic rings. The summed E-state index contributed by atoms with van der Waals surface area (Å²) in [5, 5.41) is 6.48. The van der Waals surface area contributed by atoms with Crippen molar-refractivity contribution in [1.29, 1.82) is 0 Å². The van der Waals surface area contributed by atoms with Crippen LogP contribution in [0.1, 0.15) is 23.5 Å². The van der Waals surface area contributed by atoms with Crippen LogP contribution in [0.5, 0.6) is 5.75 Å². The minimum absolute atomic E-state index is 0.324. The maximum atomic E-state index is 13.3. The molecule has 0 radical (unpaired) electrons. The molecule has 0 spiro atoms. The van der Waals surface area contributed by atoms with Crippen LogP contribution in [0, 0.1) is 5.82 Å². The minimum Gasteiger partial charge on any atom is -0.487 e. The zero-order valence-electron chi connectivity index (χ0n) is 10.7. The molecule has 106 valence electrons. The molecular formula is C14H14BrFN2OS. The number of nitrogens with zero attached hydrogens (tertiary/aromatic N) is 1. The number of benzene rings is 1. The number of rotatable bonds is 6. The van der Waals surface area contributed by atoms with E-state index in [4.69, 9.17) is 4.74 Å². The summed E-state index contributed by atoms with van der Waals surface area (Å²) in [6.45, 7) is 1.18. The molecule has 1 N–H and O–H groups in total. The number of nitrogens with one attached hydrogen (secondary N) is 1. The Morgan fingerprint density at radius 2 is 2.30 bits per heavy atom. The first-order chi connectivity index (χ1) is 9.70. The first-order valence-electron chi connectivity index (χ1n) is 6.45. The Bertz CT molecular complexity index is 601. The summed E-state index contributed by atoms with van der Waals surface area (Å²) in [6, 6.07) is 5.42. The standard InChI is InChI=1S/C14H14BrFN2OS/c15-12-4-3-11(5-13(12)16)19-7-10-8-20-14(18-10)6-17-9-1-2-9/h3-5,8-9,17H,1-2,6-7H2. The highest BCUT2D eigenvalue weighted by Crippen LogP contribution is 2.22. The predicted molar refractivity (Wildman–Crippen MR) is 80.4 cm³/mol. The highest BCUT2D eigenvalue weighted by molar-refractivity contribution is 9.10. The highest BCUT2D eigenvalue weighted by Gasteiger charge is 2.20. The van der Waals surface area contributed by atoms with Gasteiger partial charge in [-0.05, 0) is 40.9 Å². The molecule has 0 saturated heterocycles. The number of aromatic nitrogens is 1. The molecule has 1 aromatic heterocycles. The fraction of sp³-hybridized carbons (Fsp3) is 0.357. The molecule has 0 amide bonds.